The number of esters is 1. The summed E-state index contributed by atoms with van der Waals surface area (Å²) < 4.78 is 11.0. The highest BCUT2D eigenvalue weighted by molar-refractivity contribution is 7.99. The van der Waals surface area contributed by atoms with Crippen molar-refractivity contribution in [3.05, 3.63) is 66.2 Å². The number of hydrogen-bond acceptors (Lipinski definition) is 4. The van der Waals surface area contributed by atoms with Gasteiger partial charge < -0.3 is 9.15 Å². The first-order valence-electron chi connectivity index (χ1n) is 7.16. The van der Waals surface area contributed by atoms with Crippen LogP contribution in [0, 0.1) is 0 Å². The standard InChI is InChI=1S/C18H16O3S/c19-18(14-7-2-1-3-8-14)20-11-6-12-22-17-13-15-9-4-5-10-16(15)21-17/h1-5,7-10,13H,6,11-12H2. The molecule has 0 fully saturated rings. The van der Waals surface area contributed by atoms with Gasteiger partial charge in [0.2, 0.25) is 0 Å². The molecule has 112 valence electrons. The van der Waals surface area contributed by atoms with E-state index in [1.807, 2.05) is 48.5 Å². The lowest BCUT2D eigenvalue weighted by molar-refractivity contribution is 0.0506. The Morgan fingerprint density at radius 1 is 1.05 bits per heavy atom. The van der Waals surface area contributed by atoms with Crippen molar-refractivity contribution in [2.45, 2.75) is 11.5 Å². The van der Waals surface area contributed by atoms with Crippen molar-refractivity contribution in [3.8, 4) is 0 Å². The van der Waals surface area contributed by atoms with E-state index in [9.17, 15) is 4.79 Å². The van der Waals surface area contributed by atoms with Crippen LogP contribution >= 0.6 is 11.8 Å². The Labute approximate surface area is 133 Å². The van der Waals surface area contributed by atoms with Gasteiger partial charge in [-0.3, -0.25) is 0 Å². The largest absolute Gasteiger partial charge is 0.462 e. The van der Waals surface area contributed by atoms with Gasteiger partial charge in [-0.05, 0) is 30.7 Å². The van der Waals surface area contributed by atoms with Gasteiger partial charge in [-0.25, -0.2) is 4.79 Å². The number of rotatable bonds is 6. The van der Waals surface area contributed by atoms with Crippen molar-refractivity contribution in [1.82, 2.24) is 0 Å². The zero-order valence-corrected chi connectivity index (χ0v) is 12.8. The van der Waals surface area contributed by atoms with Crippen LogP contribution in [-0.2, 0) is 4.74 Å². The second-order valence-corrected chi connectivity index (χ2v) is 5.91. The Kier molecular flexibility index (Phi) is 4.81. The molecule has 22 heavy (non-hydrogen) atoms. The van der Waals surface area contributed by atoms with Crippen LogP contribution in [-0.4, -0.2) is 18.3 Å². The van der Waals surface area contributed by atoms with Gasteiger partial charge in [-0.15, -0.1) is 0 Å². The second kappa shape index (κ2) is 7.18. The average molecular weight is 312 g/mol. The van der Waals surface area contributed by atoms with Gasteiger partial charge in [-0.2, -0.15) is 0 Å². The molecular formula is C18H16O3S. The zero-order chi connectivity index (χ0) is 15.2. The molecule has 0 saturated heterocycles. The molecule has 1 aromatic heterocycles. The molecule has 0 amide bonds. The maximum Gasteiger partial charge on any atom is 0.338 e. The monoisotopic (exact) mass is 312 g/mol. The summed E-state index contributed by atoms with van der Waals surface area (Å²) in [5, 5.41) is 2.01. The molecule has 0 unspecified atom stereocenters. The smallest absolute Gasteiger partial charge is 0.338 e. The molecule has 0 aliphatic rings. The Morgan fingerprint density at radius 3 is 2.64 bits per heavy atom. The lowest BCUT2D eigenvalue weighted by Crippen LogP contribution is -2.06. The van der Waals surface area contributed by atoms with Crippen LogP contribution in [0.15, 0.2) is 70.2 Å². The minimum Gasteiger partial charge on any atom is -0.462 e. The van der Waals surface area contributed by atoms with Gasteiger partial charge >= 0.3 is 5.97 Å². The molecule has 0 saturated carbocycles. The summed E-state index contributed by atoms with van der Waals surface area (Å²) in [4.78, 5) is 11.7. The number of benzene rings is 2. The number of hydrogen-bond donors (Lipinski definition) is 0. The SMILES string of the molecule is O=C(OCCCSc1cc2ccccc2o1)c1ccccc1. The highest BCUT2D eigenvalue weighted by Gasteiger charge is 2.06. The van der Waals surface area contributed by atoms with Crippen LogP contribution in [0.4, 0.5) is 0 Å². The second-order valence-electron chi connectivity index (χ2n) is 4.81. The maximum absolute atomic E-state index is 11.7. The predicted octanol–water partition coefficient (Wildman–Crippen LogP) is 4.77. The van der Waals surface area contributed by atoms with Gasteiger partial charge in [0, 0.05) is 11.1 Å². The van der Waals surface area contributed by atoms with Gasteiger partial charge in [0.25, 0.3) is 0 Å². The van der Waals surface area contributed by atoms with Gasteiger partial charge in [-0.1, -0.05) is 48.2 Å². The minimum atomic E-state index is -0.269. The Morgan fingerprint density at radius 2 is 1.82 bits per heavy atom. The third-order valence-corrected chi connectivity index (χ3v) is 4.16. The van der Waals surface area contributed by atoms with Crippen LogP contribution in [0.1, 0.15) is 16.8 Å². The first kappa shape index (κ1) is 14.7. The molecular weight excluding hydrogens is 296 g/mol. The molecule has 3 nitrogen and oxygen atoms in total. The van der Waals surface area contributed by atoms with Crippen LogP contribution < -0.4 is 0 Å². The molecule has 3 rings (SSSR count). The summed E-state index contributed by atoms with van der Waals surface area (Å²) in [6.45, 7) is 0.418. The number of para-hydroxylation sites is 1. The van der Waals surface area contributed by atoms with Crippen molar-refractivity contribution in [2.75, 3.05) is 12.4 Å². The number of fused-ring (bicyclic) bond motifs is 1. The van der Waals surface area contributed by atoms with E-state index in [-0.39, 0.29) is 5.97 Å². The summed E-state index contributed by atoms with van der Waals surface area (Å²) in [5.74, 6) is 0.580. The average Bonchev–Trinajstić information content (AvgIpc) is 2.98. The highest BCUT2D eigenvalue weighted by Crippen LogP contribution is 2.27. The first-order valence-corrected chi connectivity index (χ1v) is 8.15. The highest BCUT2D eigenvalue weighted by atomic mass is 32.2. The number of furan rings is 1. The van der Waals surface area contributed by atoms with Gasteiger partial charge in [0.05, 0.1) is 12.2 Å². The topological polar surface area (TPSA) is 39.4 Å². The summed E-state index contributed by atoms with van der Waals surface area (Å²) in [6, 6.07) is 19.0. The van der Waals surface area contributed by atoms with E-state index in [4.69, 9.17) is 9.15 Å². The lowest BCUT2D eigenvalue weighted by atomic mass is 10.2. The molecule has 3 aromatic rings. The van der Waals surface area contributed by atoms with E-state index >= 15 is 0 Å². The van der Waals surface area contributed by atoms with Crippen LogP contribution in [0.2, 0.25) is 0 Å². The number of thioether (sulfide) groups is 1. The molecule has 0 bridgehead atoms. The van der Waals surface area contributed by atoms with Crippen molar-refractivity contribution in [1.29, 1.82) is 0 Å². The fraction of sp³-hybridized carbons (Fsp3) is 0.167. The fourth-order valence-electron chi connectivity index (χ4n) is 2.08. The molecule has 0 spiro atoms. The van der Waals surface area contributed by atoms with E-state index in [0.717, 1.165) is 28.2 Å². The number of carbonyl (C=O) groups is 1. The molecule has 0 aliphatic heterocycles. The van der Waals surface area contributed by atoms with Crippen molar-refractivity contribution in [3.63, 3.8) is 0 Å². The molecule has 0 aliphatic carbocycles. The molecule has 0 atom stereocenters. The predicted molar refractivity (Wildman–Crippen MR) is 88.3 cm³/mol. The van der Waals surface area contributed by atoms with E-state index < -0.39 is 0 Å². The third kappa shape index (κ3) is 3.71. The van der Waals surface area contributed by atoms with E-state index in [1.54, 1.807) is 23.9 Å². The fourth-order valence-corrected chi connectivity index (χ4v) is 2.91. The first-order chi connectivity index (χ1) is 10.8. The maximum atomic E-state index is 11.7. The summed E-state index contributed by atoms with van der Waals surface area (Å²) in [5.41, 5.74) is 1.49. The normalized spacial score (nSPS) is 10.7. The van der Waals surface area contributed by atoms with E-state index in [2.05, 4.69) is 0 Å². The Balaban J connectivity index is 1.41. The van der Waals surface area contributed by atoms with Crippen molar-refractivity contribution in [2.24, 2.45) is 0 Å². The summed E-state index contributed by atoms with van der Waals surface area (Å²) in [7, 11) is 0. The zero-order valence-electron chi connectivity index (χ0n) is 12.0. The minimum absolute atomic E-state index is 0.269. The van der Waals surface area contributed by atoms with E-state index in [1.165, 1.54) is 0 Å². The number of ether oxygens (including phenoxy) is 1. The third-order valence-electron chi connectivity index (χ3n) is 3.18. The molecule has 4 heteroatoms. The van der Waals surface area contributed by atoms with Crippen molar-refractivity contribution >= 4 is 28.7 Å². The van der Waals surface area contributed by atoms with Gasteiger partial charge in [0.15, 0.2) is 5.09 Å². The Bertz CT molecular complexity index is 716. The van der Waals surface area contributed by atoms with Crippen LogP contribution in [0.5, 0.6) is 0 Å². The summed E-state index contributed by atoms with van der Waals surface area (Å²) >= 11 is 1.64. The lowest BCUT2D eigenvalue weighted by Gasteiger charge is -2.03. The van der Waals surface area contributed by atoms with Gasteiger partial charge in [0.1, 0.15) is 5.58 Å². The molecule has 0 N–H and O–H groups in total. The van der Waals surface area contributed by atoms with Crippen LogP contribution in [0.25, 0.3) is 11.0 Å². The number of carbonyl (C=O) groups excluding carboxylic acids is 1. The quantitative estimate of drug-likeness (QED) is 0.373. The Hall–Kier alpha value is -2.20. The van der Waals surface area contributed by atoms with Crippen LogP contribution in [0.3, 0.4) is 0 Å². The molecule has 0 radical (unpaired) electrons. The summed E-state index contributed by atoms with van der Waals surface area (Å²) in [6.07, 6.45) is 0.792. The molecule has 1 heterocycles. The van der Waals surface area contributed by atoms with Crippen molar-refractivity contribution < 1.29 is 13.9 Å². The molecule has 2 aromatic carbocycles. The van der Waals surface area contributed by atoms with E-state index in [0.29, 0.717) is 12.2 Å².